The first-order valence-corrected chi connectivity index (χ1v) is 18.4. The van der Waals surface area contributed by atoms with Gasteiger partial charge in [0.25, 0.3) is 0 Å². The summed E-state index contributed by atoms with van der Waals surface area (Å²) in [6.45, 7) is 0. The summed E-state index contributed by atoms with van der Waals surface area (Å²) in [7, 11) is 1.64. The van der Waals surface area contributed by atoms with Crippen LogP contribution in [0.15, 0.2) is 108 Å². The van der Waals surface area contributed by atoms with E-state index >= 15 is 0 Å². The quantitative estimate of drug-likeness (QED) is 0.104. The maximum atomic E-state index is 11.3. The Morgan fingerprint density at radius 1 is 0.608 bits per heavy atom. The average molecular weight is 742 g/mol. The Bertz CT molecular complexity index is 2370. The number of aliphatic carboxylic acids is 2. The zero-order valence-corrected chi connectivity index (χ0v) is 29.8. The molecule has 0 bridgehead atoms. The molecular formula is C39H23N3O5S4. The molecule has 4 aromatic heterocycles. The number of anilines is 3. The lowest BCUT2D eigenvalue weighted by atomic mass is 10.1. The van der Waals surface area contributed by atoms with Crippen molar-refractivity contribution in [1.29, 1.82) is 10.5 Å². The normalized spacial score (nSPS) is 11.7. The molecule has 0 unspecified atom stereocenters. The minimum Gasteiger partial charge on any atom is -0.497 e. The second-order valence-corrected chi connectivity index (χ2v) is 15.5. The topological polar surface area (TPSA) is 135 Å². The number of carboxylic acid groups (broad SMARTS) is 2. The Labute approximate surface area is 307 Å². The molecule has 0 atom stereocenters. The molecule has 7 aromatic rings. The van der Waals surface area contributed by atoms with Crippen LogP contribution in [-0.4, -0.2) is 29.3 Å². The fourth-order valence-corrected chi connectivity index (χ4v) is 10.1. The van der Waals surface area contributed by atoms with Gasteiger partial charge in [-0.25, -0.2) is 9.59 Å². The maximum Gasteiger partial charge on any atom is 0.346 e. The predicted octanol–water partition coefficient (Wildman–Crippen LogP) is 11.0. The smallest absolute Gasteiger partial charge is 0.346 e. The third kappa shape index (κ3) is 6.90. The highest BCUT2D eigenvalue weighted by atomic mass is 32.1. The van der Waals surface area contributed by atoms with Crippen LogP contribution < -0.4 is 9.64 Å². The van der Waals surface area contributed by atoms with Gasteiger partial charge in [-0.15, -0.1) is 45.3 Å². The molecule has 4 heterocycles. The molecule has 0 saturated carbocycles. The van der Waals surface area contributed by atoms with E-state index in [-0.39, 0.29) is 11.1 Å². The number of carbonyl (C=O) groups is 2. The van der Waals surface area contributed by atoms with E-state index in [4.69, 9.17) is 15.3 Å². The van der Waals surface area contributed by atoms with Crippen molar-refractivity contribution in [2.75, 3.05) is 12.0 Å². The van der Waals surface area contributed by atoms with Crippen molar-refractivity contribution in [1.82, 2.24) is 0 Å². The van der Waals surface area contributed by atoms with Gasteiger partial charge in [-0.1, -0.05) is 24.3 Å². The second kappa shape index (κ2) is 14.1. The predicted molar refractivity (Wildman–Crippen MR) is 208 cm³/mol. The van der Waals surface area contributed by atoms with Gasteiger partial charge < -0.3 is 19.8 Å². The molecule has 0 radical (unpaired) electrons. The van der Waals surface area contributed by atoms with E-state index in [1.807, 2.05) is 36.4 Å². The van der Waals surface area contributed by atoms with Gasteiger partial charge in [-0.2, -0.15) is 10.5 Å². The molecule has 248 valence electrons. The number of hydrogen-bond acceptors (Lipinski definition) is 10. The molecule has 8 nitrogen and oxygen atoms in total. The third-order valence-corrected chi connectivity index (χ3v) is 12.5. The highest BCUT2D eigenvalue weighted by Crippen LogP contribution is 2.43. The van der Waals surface area contributed by atoms with Gasteiger partial charge in [0.05, 0.1) is 7.11 Å². The van der Waals surface area contributed by atoms with Gasteiger partial charge in [0.1, 0.15) is 29.0 Å². The van der Waals surface area contributed by atoms with Crippen molar-refractivity contribution in [3.63, 3.8) is 0 Å². The van der Waals surface area contributed by atoms with Crippen molar-refractivity contribution < 1.29 is 24.5 Å². The summed E-state index contributed by atoms with van der Waals surface area (Å²) in [6.07, 6.45) is 2.81. The second-order valence-electron chi connectivity index (χ2n) is 11.1. The van der Waals surface area contributed by atoms with Crippen molar-refractivity contribution in [3.8, 4) is 38.8 Å². The van der Waals surface area contributed by atoms with Crippen LogP contribution in [0.25, 0.3) is 51.8 Å². The monoisotopic (exact) mass is 741 g/mol. The van der Waals surface area contributed by atoms with E-state index in [0.29, 0.717) is 0 Å². The van der Waals surface area contributed by atoms with Gasteiger partial charge in [0.2, 0.25) is 0 Å². The SMILES string of the molecule is COc1ccc(N(c2ccc(-c3cc4sc(/C=C(\C#N)C(=O)O)cc4s3)cc2)c2ccc(-c3cc4sc(/C=C(\C#N)C(=O)O)cc4s3)cc2)cc1. The Kier molecular flexibility index (Phi) is 9.24. The summed E-state index contributed by atoms with van der Waals surface area (Å²) in [5, 5.41) is 36.6. The van der Waals surface area contributed by atoms with Crippen LogP contribution in [0.1, 0.15) is 9.75 Å². The van der Waals surface area contributed by atoms with Gasteiger partial charge in [-0.05, 0) is 96.1 Å². The van der Waals surface area contributed by atoms with Gasteiger partial charge in [-0.3, -0.25) is 0 Å². The van der Waals surface area contributed by atoms with Crippen molar-refractivity contribution in [2.45, 2.75) is 0 Å². The molecule has 0 fully saturated rings. The molecule has 0 aliphatic carbocycles. The lowest BCUT2D eigenvalue weighted by Gasteiger charge is -2.26. The number of nitrogens with zero attached hydrogens (tertiary/aromatic N) is 3. The number of methoxy groups -OCH3 is 1. The minimum absolute atomic E-state index is 0.290. The summed E-state index contributed by atoms with van der Waals surface area (Å²) in [5.74, 6) is -1.72. The zero-order valence-electron chi connectivity index (χ0n) is 26.5. The third-order valence-electron chi connectivity index (χ3n) is 7.88. The summed E-state index contributed by atoms with van der Waals surface area (Å²) < 4.78 is 9.53. The number of rotatable bonds is 10. The number of nitriles is 2. The molecule has 3 aromatic carbocycles. The lowest BCUT2D eigenvalue weighted by molar-refractivity contribution is -0.133. The molecule has 2 N–H and O–H groups in total. The summed E-state index contributed by atoms with van der Waals surface area (Å²) in [4.78, 5) is 28.3. The van der Waals surface area contributed by atoms with E-state index in [2.05, 4.69) is 65.6 Å². The summed E-state index contributed by atoms with van der Waals surface area (Å²) >= 11 is 6.15. The molecule has 0 aliphatic rings. The van der Waals surface area contributed by atoms with Crippen LogP contribution in [0.3, 0.4) is 0 Å². The van der Waals surface area contributed by atoms with E-state index < -0.39 is 11.9 Å². The van der Waals surface area contributed by atoms with Crippen molar-refractivity contribution in [2.24, 2.45) is 0 Å². The average Bonchev–Trinajstić information content (AvgIpc) is 3.91. The first-order chi connectivity index (χ1) is 24.7. The van der Waals surface area contributed by atoms with E-state index in [0.717, 1.165) is 72.2 Å². The van der Waals surface area contributed by atoms with E-state index in [1.165, 1.54) is 34.8 Å². The van der Waals surface area contributed by atoms with Crippen LogP contribution in [0.4, 0.5) is 17.1 Å². The van der Waals surface area contributed by atoms with Crippen LogP contribution in [0.2, 0.25) is 0 Å². The number of fused-ring (bicyclic) bond motifs is 2. The Balaban J connectivity index is 1.17. The number of hydrogen-bond donors (Lipinski definition) is 2. The highest BCUT2D eigenvalue weighted by Gasteiger charge is 2.16. The first-order valence-electron chi connectivity index (χ1n) is 15.1. The molecule has 7 rings (SSSR count). The number of carboxylic acids is 2. The Morgan fingerprint density at radius 3 is 1.31 bits per heavy atom. The summed E-state index contributed by atoms with van der Waals surface area (Å²) in [5.41, 5.74) is 4.43. The van der Waals surface area contributed by atoms with E-state index in [9.17, 15) is 19.8 Å². The minimum atomic E-state index is -1.24. The van der Waals surface area contributed by atoms with E-state index in [1.54, 1.807) is 41.9 Å². The molecule has 0 spiro atoms. The highest BCUT2D eigenvalue weighted by molar-refractivity contribution is 7.30. The largest absolute Gasteiger partial charge is 0.497 e. The number of benzene rings is 3. The molecule has 0 aliphatic heterocycles. The van der Waals surface area contributed by atoms with Crippen molar-refractivity contribution >= 4 is 105 Å². The maximum absolute atomic E-state index is 11.3. The fraction of sp³-hybridized carbons (Fsp3) is 0.0256. The number of ether oxygens (including phenoxy) is 1. The molecular weight excluding hydrogens is 719 g/mol. The Hall–Kier alpha value is -6.02. The van der Waals surface area contributed by atoms with Crippen molar-refractivity contribution in [3.05, 3.63) is 118 Å². The Morgan fingerprint density at radius 2 is 0.980 bits per heavy atom. The lowest BCUT2D eigenvalue weighted by Crippen LogP contribution is -2.09. The van der Waals surface area contributed by atoms with Gasteiger partial charge >= 0.3 is 11.9 Å². The zero-order chi connectivity index (χ0) is 35.6. The van der Waals surface area contributed by atoms with Crippen LogP contribution >= 0.6 is 45.3 Å². The molecule has 51 heavy (non-hydrogen) atoms. The molecule has 0 saturated heterocycles. The number of thiophene rings is 4. The van der Waals surface area contributed by atoms with Gasteiger partial charge in [0, 0.05) is 55.4 Å². The fourth-order valence-electron chi connectivity index (χ4n) is 5.43. The molecule has 0 amide bonds. The van der Waals surface area contributed by atoms with Crippen LogP contribution in [0.5, 0.6) is 5.75 Å². The summed E-state index contributed by atoms with van der Waals surface area (Å²) in [6, 6.07) is 36.1. The molecule has 12 heteroatoms. The van der Waals surface area contributed by atoms with Gasteiger partial charge in [0.15, 0.2) is 0 Å². The van der Waals surface area contributed by atoms with Crippen LogP contribution in [-0.2, 0) is 9.59 Å². The first kappa shape index (κ1) is 33.5. The van der Waals surface area contributed by atoms with Crippen LogP contribution in [0, 0.1) is 22.7 Å². The standard InChI is InChI=1S/C39H23N3O5S4/c1-47-29-12-10-28(11-13-29)42(26-6-2-22(3-7-26)32-18-36-34(50-32)16-30(48-36)14-24(20-40)38(43)44)27-8-4-23(5-9-27)33-19-37-35(51-33)17-31(49-37)15-25(21-41)39(45)46/h2-19H,1H3,(H,43,44)(H,45,46)/b24-14+,25-15+.